The number of nitrogens with zero attached hydrogens (tertiary/aromatic N) is 6. The van der Waals surface area contributed by atoms with Crippen molar-refractivity contribution in [1.29, 1.82) is 0 Å². The second-order valence-corrected chi connectivity index (χ2v) is 9.64. The van der Waals surface area contributed by atoms with Gasteiger partial charge in [0, 0.05) is 44.3 Å². The van der Waals surface area contributed by atoms with Crippen LogP contribution in [-0.2, 0) is 0 Å². The average molecular weight is 472 g/mol. The van der Waals surface area contributed by atoms with Gasteiger partial charge >= 0.3 is 0 Å². The number of hydrogen-bond acceptors (Lipinski definition) is 5. The van der Waals surface area contributed by atoms with Gasteiger partial charge in [-0.15, -0.1) is 0 Å². The van der Waals surface area contributed by atoms with Gasteiger partial charge < -0.3 is 15.1 Å². The average Bonchev–Trinajstić information content (AvgIpc) is 3.44. The molecule has 2 fully saturated rings. The fourth-order valence-electron chi connectivity index (χ4n) is 4.95. The van der Waals surface area contributed by atoms with E-state index in [2.05, 4.69) is 39.3 Å². The minimum atomic E-state index is -2.77. The van der Waals surface area contributed by atoms with E-state index < -0.39 is 12.3 Å². The molecule has 0 spiro atoms. The molecule has 0 radical (unpaired) electrons. The minimum absolute atomic E-state index is 0.0631. The fraction of sp³-hybridized carbons (Fsp3) is 0.542. The smallest absolute Gasteiger partial charge is 0.284 e. The zero-order chi connectivity index (χ0) is 23.8. The van der Waals surface area contributed by atoms with Gasteiger partial charge in [-0.25, -0.2) is 13.3 Å². The van der Waals surface area contributed by atoms with Crippen molar-refractivity contribution in [2.24, 2.45) is 5.92 Å². The number of hydrogen-bond donors (Lipinski definition) is 1. The van der Waals surface area contributed by atoms with Crippen LogP contribution in [0, 0.1) is 5.92 Å². The minimum Gasteiger partial charge on any atom is -0.369 e. The Morgan fingerprint density at radius 1 is 1.15 bits per heavy atom. The summed E-state index contributed by atoms with van der Waals surface area (Å²) in [4.78, 5) is 17.7. The third-order valence-corrected chi connectivity index (χ3v) is 7.19. The Kier molecular flexibility index (Phi) is 6.24. The number of anilines is 2. The monoisotopic (exact) mass is 471 g/mol. The maximum absolute atomic E-state index is 13.7. The first-order valence-corrected chi connectivity index (χ1v) is 12.0. The van der Waals surface area contributed by atoms with E-state index in [1.54, 1.807) is 15.4 Å². The Balaban J connectivity index is 1.38. The number of rotatable bonds is 5. The lowest BCUT2D eigenvalue weighted by molar-refractivity contribution is 0.102. The lowest BCUT2D eigenvalue weighted by Gasteiger charge is -2.34. The molecular formula is C24H31F2N7O. The number of aromatic nitrogens is 4. The summed E-state index contributed by atoms with van der Waals surface area (Å²) in [5.41, 5.74) is 1.68. The van der Waals surface area contributed by atoms with Gasteiger partial charge in [0.25, 0.3) is 12.3 Å². The Morgan fingerprint density at radius 2 is 1.88 bits per heavy atom. The standard InChI is InChI=1S/C24H31F2N7O/c1-16-3-5-17(6-4-16)33-15-20(22(29-33)23(25)26)28-24(34)19-14-27-32-8-7-18(13-21(19)32)31-11-9-30(2)10-12-31/h7-8,13-17,23H,3-6,9-12H2,1-2H3,(H,28,34)/t16-,17-. The molecule has 1 aliphatic heterocycles. The van der Waals surface area contributed by atoms with E-state index in [4.69, 9.17) is 0 Å². The molecule has 1 amide bonds. The summed E-state index contributed by atoms with van der Waals surface area (Å²) >= 11 is 0. The van der Waals surface area contributed by atoms with Crippen molar-refractivity contribution in [3.8, 4) is 0 Å². The molecule has 10 heteroatoms. The third-order valence-electron chi connectivity index (χ3n) is 7.19. The molecule has 1 saturated heterocycles. The van der Waals surface area contributed by atoms with E-state index in [-0.39, 0.29) is 17.4 Å². The molecule has 1 aliphatic carbocycles. The molecular weight excluding hydrogens is 440 g/mol. The number of carbonyl (C=O) groups is 1. The van der Waals surface area contributed by atoms with Crippen LogP contribution in [-0.4, -0.2) is 63.4 Å². The summed E-state index contributed by atoms with van der Waals surface area (Å²) in [6.07, 6.45) is 6.00. The van der Waals surface area contributed by atoms with Gasteiger partial charge in [0.15, 0.2) is 5.69 Å². The Hall–Kier alpha value is -3.01. The van der Waals surface area contributed by atoms with Crippen molar-refractivity contribution in [1.82, 2.24) is 24.3 Å². The van der Waals surface area contributed by atoms with Crippen molar-refractivity contribution < 1.29 is 13.6 Å². The first-order valence-electron chi connectivity index (χ1n) is 12.0. The Labute approximate surface area is 197 Å². The fourth-order valence-corrected chi connectivity index (χ4v) is 4.95. The zero-order valence-corrected chi connectivity index (χ0v) is 19.6. The van der Waals surface area contributed by atoms with Crippen LogP contribution in [0.15, 0.2) is 30.7 Å². The van der Waals surface area contributed by atoms with E-state index in [9.17, 15) is 13.6 Å². The molecule has 1 saturated carbocycles. The predicted octanol–water partition coefficient (Wildman–Crippen LogP) is 4.22. The molecule has 1 N–H and O–H groups in total. The summed E-state index contributed by atoms with van der Waals surface area (Å²) < 4.78 is 30.7. The van der Waals surface area contributed by atoms with Crippen LogP contribution < -0.4 is 10.2 Å². The van der Waals surface area contributed by atoms with E-state index in [0.717, 1.165) is 57.5 Å². The van der Waals surface area contributed by atoms with Crippen molar-refractivity contribution in [2.75, 3.05) is 43.4 Å². The SMILES string of the molecule is CN1CCN(c2ccn3ncc(C(=O)Nc4cn([C@H]5CC[C@H](C)CC5)nc4C(F)F)c3c2)CC1. The number of nitrogens with one attached hydrogen (secondary N) is 1. The van der Waals surface area contributed by atoms with Crippen molar-refractivity contribution >= 4 is 22.8 Å². The maximum atomic E-state index is 13.7. The first kappa shape index (κ1) is 22.8. The molecule has 182 valence electrons. The molecule has 34 heavy (non-hydrogen) atoms. The number of halogens is 2. The topological polar surface area (TPSA) is 70.7 Å². The molecule has 5 rings (SSSR count). The Bertz CT molecular complexity index is 1160. The number of fused-ring (bicyclic) bond motifs is 1. The largest absolute Gasteiger partial charge is 0.369 e. The summed E-state index contributed by atoms with van der Waals surface area (Å²) in [5.74, 6) is 0.177. The highest BCUT2D eigenvalue weighted by atomic mass is 19.3. The summed E-state index contributed by atoms with van der Waals surface area (Å²) in [7, 11) is 2.10. The lowest BCUT2D eigenvalue weighted by Crippen LogP contribution is -2.44. The first-order chi connectivity index (χ1) is 16.4. The summed E-state index contributed by atoms with van der Waals surface area (Å²) in [6.45, 7) is 5.95. The van der Waals surface area contributed by atoms with Crippen LogP contribution in [0.3, 0.4) is 0 Å². The van der Waals surface area contributed by atoms with Crippen LogP contribution in [0.4, 0.5) is 20.2 Å². The van der Waals surface area contributed by atoms with Crippen LogP contribution in [0.2, 0.25) is 0 Å². The van der Waals surface area contributed by atoms with Crippen LogP contribution in [0.5, 0.6) is 0 Å². The molecule has 0 atom stereocenters. The van der Waals surface area contributed by atoms with Crippen molar-refractivity contribution in [3.63, 3.8) is 0 Å². The molecule has 4 heterocycles. The van der Waals surface area contributed by atoms with Crippen LogP contribution in [0.1, 0.15) is 61.1 Å². The molecule has 0 unspecified atom stereocenters. The van der Waals surface area contributed by atoms with Gasteiger partial charge in [-0.2, -0.15) is 10.2 Å². The van der Waals surface area contributed by atoms with Gasteiger partial charge in [0.2, 0.25) is 0 Å². The molecule has 0 bridgehead atoms. The number of pyridine rings is 1. The van der Waals surface area contributed by atoms with Crippen LogP contribution >= 0.6 is 0 Å². The number of piperazine rings is 1. The molecule has 2 aliphatic rings. The van der Waals surface area contributed by atoms with Crippen molar-refractivity contribution in [3.05, 3.63) is 42.0 Å². The highest BCUT2D eigenvalue weighted by Gasteiger charge is 2.26. The second kappa shape index (κ2) is 9.32. The van der Waals surface area contributed by atoms with E-state index in [0.29, 0.717) is 17.0 Å². The van der Waals surface area contributed by atoms with Gasteiger partial charge in [-0.05, 0) is 50.8 Å². The van der Waals surface area contributed by atoms with Crippen LogP contribution in [0.25, 0.3) is 5.52 Å². The number of amides is 1. The number of alkyl halides is 2. The molecule has 3 aromatic heterocycles. The molecule has 3 aromatic rings. The predicted molar refractivity (Wildman–Crippen MR) is 127 cm³/mol. The Morgan fingerprint density at radius 3 is 2.59 bits per heavy atom. The number of carbonyl (C=O) groups excluding carboxylic acids is 1. The summed E-state index contributed by atoms with van der Waals surface area (Å²) in [6, 6.07) is 4.01. The third kappa shape index (κ3) is 4.51. The second-order valence-electron chi connectivity index (χ2n) is 9.64. The van der Waals surface area contributed by atoms with Crippen molar-refractivity contribution in [2.45, 2.75) is 45.1 Å². The maximum Gasteiger partial charge on any atom is 0.284 e. The van der Waals surface area contributed by atoms with Gasteiger partial charge in [-0.3, -0.25) is 9.48 Å². The van der Waals surface area contributed by atoms with E-state index >= 15 is 0 Å². The molecule has 0 aromatic carbocycles. The normalized spacial score (nSPS) is 22.0. The quantitative estimate of drug-likeness (QED) is 0.603. The van der Waals surface area contributed by atoms with Gasteiger partial charge in [-0.1, -0.05) is 6.92 Å². The van der Waals surface area contributed by atoms with E-state index in [1.807, 2.05) is 18.3 Å². The zero-order valence-electron chi connectivity index (χ0n) is 19.6. The lowest BCUT2D eigenvalue weighted by atomic mass is 9.87. The van der Waals surface area contributed by atoms with Gasteiger partial charge in [0.05, 0.1) is 29.0 Å². The number of likely N-dealkylation sites (N-methyl/N-ethyl adjacent to an activating group) is 1. The molecule has 8 nitrogen and oxygen atoms in total. The summed E-state index contributed by atoms with van der Waals surface area (Å²) in [5, 5.41) is 11.1. The van der Waals surface area contributed by atoms with Gasteiger partial charge in [0.1, 0.15) is 0 Å². The highest BCUT2D eigenvalue weighted by molar-refractivity contribution is 6.09. The highest BCUT2D eigenvalue weighted by Crippen LogP contribution is 2.34. The van der Waals surface area contributed by atoms with E-state index in [1.165, 1.54) is 6.20 Å².